The first-order chi connectivity index (χ1) is 9.85. The van der Waals surface area contributed by atoms with Gasteiger partial charge in [0.1, 0.15) is 0 Å². The third-order valence-corrected chi connectivity index (χ3v) is 5.73. The van der Waals surface area contributed by atoms with E-state index >= 15 is 0 Å². The van der Waals surface area contributed by atoms with Gasteiger partial charge in [0.2, 0.25) is 0 Å². The molecule has 112 valence electrons. The zero-order chi connectivity index (χ0) is 15.6. The smallest absolute Gasteiger partial charge is 0.262 e. The molecule has 0 aliphatic heterocycles. The van der Waals surface area contributed by atoms with Gasteiger partial charge in [-0.25, -0.2) is 8.42 Å². The lowest BCUT2D eigenvalue weighted by atomic mass is 10.1. The number of sulfonamides is 1. The third kappa shape index (κ3) is 3.45. The molecule has 0 aliphatic carbocycles. The van der Waals surface area contributed by atoms with Crippen molar-refractivity contribution in [2.45, 2.75) is 25.3 Å². The van der Waals surface area contributed by atoms with Gasteiger partial charge in [-0.3, -0.25) is 4.72 Å². The molecule has 6 heteroatoms. The van der Waals surface area contributed by atoms with Crippen LogP contribution in [0.3, 0.4) is 0 Å². The van der Waals surface area contributed by atoms with Gasteiger partial charge in [0.15, 0.2) is 0 Å². The number of aryl methyl sites for hydroxylation is 1. The SMILES string of the molecule is Cc1cc(NS(=O)(=O)c2cccc(CN)c2C)ccc1Br. The molecule has 0 saturated heterocycles. The number of benzene rings is 2. The van der Waals surface area contributed by atoms with E-state index in [-0.39, 0.29) is 4.90 Å². The molecule has 0 heterocycles. The van der Waals surface area contributed by atoms with Crippen molar-refractivity contribution in [2.24, 2.45) is 5.73 Å². The van der Waals surface area contributed by atoms with Crippen LogP contribution in [0.5, 0.6) is 0 Å². The summed E-state index contributed by atoms with van der Waals surface area (Å²) in [5.74, 6) is 0. The Morgan fingerprint density at radius 2 is 1.90 bits per heavy atom. The predicted octanol–water partition coefficient (Wildman–Crippen LogP) is 3.33. The van der Waals surface area contributed by atoms with E-state index in [1.807, 2.05) is 19.1 Å². The molecule has 0 bridgehead atoms. The lowest BCUT2D eigenvalue weighted by molar-refractivity contribution is 0.600. The number of nitrogens with one attached hydrogen (secondary N) is 1. The van der Waals surface area contributed by atoms with Crippen molar-refractivity contribution >= 4 is 31.6 Å². The van der Waals surface area contributed by atoms with E-state index in [4.69, 9.17) is 5.73 Å². The lowest BCUT2D eigenvalue weighted by Crippen LogP contribution is -2.15. The largest absolute Gasteiger partial charge is 0.326 e. The third-order valence-electron chi connectivity index (χ3n) is 3.32. The molecule has 4 nitrogen and oxygen atoms in total. The average Bonchev–Trinajstić information content (AvgIpc) is 2.42. The highest BCUT2D eigenvalue weighted by atomic mass is 79.9. The summed E-state index contributed by atoms with van der Waals surface area (Å²) >= 11 is 3.39. The summed E-state index contributed by atoms with van der Waals surface area (Å²) in [4.78, 5) is 0.256. The molecule has 3 N–H and O–H groups in total. The van der Waals surface area contributed by atoms with Gasteiger partial charge in [0, 0.05) is 16.7 Å². The maximum atomic E-state index is 12.5. The first-order valence-corrected chi connectivity index (χ1v) is 8.70. The van der Waals surface area contributed by atoms with E-state index in [0.717, 1.165) is 15.6 Å². The van der Waals surface area contributed by atoms with Crippen LogP contribution in [0.15, 0.2) is 45.8 Å². The van der Waals surface area contributed by atoms with Gasteiger partial charge < -0.3 is 5.73 Å². The quantitative estimate of drug-likeness (QED) is 0.869. The van der Waals surface area contributed by atoms with Gasteiger partial charge in [0.25, 0.3) is 10.0 Å². The summed E-state index contributed by atoms with van der Waals surface area (Å²) in [5, 5.41) is 0. The van der Waals surface area contributed by atoms with Gasteiger partial charge in [-0.2, -0.15) is 0 Å². The molecule has 0 unspecified atom stereocenters. The molecule has 0 atom stereocenters. The molecule has 0 radical (unpaired) electrons. The number of anilines is 1. The van der Waals surface area contributed by atoms with Crippen molar-refractivity contribution in [3.8, 4) is 0 Å². The molecule has 2 aromatic carbocycles. The van der Waals surface area contributed by atoms with Crippen LogP contribution in [0.25, 0.3) is 0 Å². The van der Waals surface area contributed by atoms with E-state index in [1.165, 1.54) is 0 Å². The van der Waals surface area contributed by atoms with Crippen molar-refractivity contribution in [1.29, 1.82) is 0 Å². The van der Waals surface area contributed by atoms with Crippen LogP contribution in [0, 0.1) is 13.8 Å². The number of hydrogen-bond acceptors (Lipinski definition) is 3. The van der Waals surface area contributed by atoms with Gasteiger partial charge in [-0.05, 0) is 54.8 Å². The van der Waals surface area contributed by atoms with Gasteiger partial charge in [0.05, 0.1) is 4.90 Å². The fourth-order valence-electron chi connectivity index (χ4n) is 2.09. The molecule has 0 amide bonds. The maximum Gasteiger partial charge on any atom is 0.262 e. The van der Waals surface area contributed by atoms with Crippen LogP contribution in [-0.2, 0) is 16.6 Å². The second kappa shape index (κ2) is 6.17. The summed E-state index contributed by atoms with van der Waals surface area (Å²) in [7, 11) is -3.63. The number of rotatable bonds is 4. The van der Waals surface area contributed by atoms with Crippen molar-refractivity contribution in [3.05, 3.63) is 57.6 Å². The maximum absolute atomic E-state index is 12.5. The second-order valence-electron chi connectivity index (χ2n) is 4.81. The monoisotopic (exact) mass is 368 g/mol. The minimum absolute atomic E-state index is 0.256. The summed E-state index contributed by atoms with van der Waals surface area (Å²) in [6.07, 6.45) is 0. The zero-order valence-electron chi connectivity index (χ0n) is 11.9. The van der Waals surface area contributed by atoms with Crippen LogP contribution in [-0.4, -0.2) is 8.42 Å². The minimum Gasteiger partial charge on any atom is -0.326 e. The average molecular weight is 369 g/mol. The van der Waals surface area contributed by atoms with E-state index in [9.17, 15) is 8.42 Å². The van der Waals surface area contributed by atoms with Crippen LogP contribution in [0.4, 0.5) is 5.69 Å². The molecular formula is C15H17BrN2O2S. The fraction of sp³-hybridized carbons (Fsp3) is 0.200. The highest BCUT2D eigenvalue weighted by Crippen LogP contribution is 2.24. The summed E-state index contributed by atoms with van der Waals surface area (Å²) in [5.41, 5.74) is 8.63. The number of halogens is 1. The van der Waals surface area contributed by atoms with E-state index in [2.05, 4.69) is 20.7 Å². The Morgan fingerprint density at radius 1 is 1.19 bits per heavy atom. The Labute approximate surface area is 133 Å². The Kier molecular flexibility index (Phi) is 4.70. The minimum atomic E-state index is -3.63. The number of nitrogens with two attached hydrogens (primary N) is 1. The molecular weight excluding hydrogens is 352 g/mol. The first-order valence-electron chi connectivity index (χ1n) is 6.42. The number of hydrogen-bond donors (Lipinski definition) is 2. The van der Waals surface area contributed by atoms with Crippen molar-refractivity contribution in [1.82, 2.24) is 0 Å². The molecule has 0 aliphatic rings. The molecule has 0 saturated carbocycles. The standard InChI is InChI=1S/C15H17BrN2O2S/c1-10-8-13(6-7-14(10)16)18-21(19,20)15-5-3-4-12(9-17)11(15)2/h3-8,18H,9,17H2,1-2H3. The molecule has 2 aromatic rings. The molecule has 21 heavy (non-hydrogen) atoms. The highest BCUT2D eigenvalue weighted by Gasteiger charge is 2.18. The van der Waals surface area contributed by atoms with Gasteiger partial charge >= 0.3 is 0 Å². The molecule has 0 spiro atoms. The fourth-order valence-corrected chi connectivity index (χ4v) is 3.68. The summed E-state index contributed by atoms with van der Waals surface area (Å²) in [6.45, 7) is 3.98. The van der Waals surface area contributed by atoms with Crippen LogP contribution in [0.1, 0.15) is 16.7 Å². The van der Waals surface area contributed by atoms with Crippen molar-refractivity contribution in [3.63, 3.8) is 0 Å². The van der Waals surface area contributed by atoms with E-state index in [1.54, 1.807) is 31.2 Å². The van der Waals surface area contributed by atoms with Crippen LogP contribution in [0.2, 0.25) is 0 Å². The highest BCUT2D eigenvalue weighted by molar-refractivity contribution is 9.10. The molecule has 0 fully saturated rings. The zero-order valence-corrected chi connectivity index (χ0v) is 14.3. The van der Waals surface area contributed by atoms with Crippen LogP contribution >= 0.6 is 15.9 Å². The predicted molar refractivity (Wildman–Crippen MR) is 88.8 cm³/mol. The van der Waals surface area contributed by atoms with E-state index in [0.29, 0.717) is 17.8 Å². The van der Waals surface area contributed by atoms with Crippen molar-refractivity contribution in [2.75, 3.05) is 4.72 Å². The Morgan fingerprint density at radius 3 is 2.52 bits per heavy atom. The lowest BCUT2D eigenvalue weighted by Gasteiger charge is -2.13. The topological polar surface area (TPSA) is 72.2 Å². The summed E-state index contributed by atoms with van der Waals surface area (Å²) < 4.78 is 28.6. The molecule has 0 aromatic heterocycles. The van der Waals surface area contributed by atoms with Gasteiger partial charge in [-0.15, -0.1) is 0 Å². The Hall–Kier alpha value is -1.37. The van der Waals surface area contributed by atoms with Crippen molar-refractivity contribution < 1.29 is 8.42 Å². The van der Waals surface area contributed by atoms with Gasteiger partial charge in [-0.1, -0.05) is 28.1 Å². The second-order valence-corrected chi connectivity index (χ2v) is 7.32. The van der Waals surface area contributed by atoms with E-state index < -0.39 is 10.0 Å². The first kappa shape index (κ1) is 16.0. The van der Waals surface area contributed by atoms with Crippen LogP contribution < -0.4 is 10.5 Å². The Bertz CT molecular complexity index is 773. The Balaban J connectivity index is 2.41. The molecule has 2 rings (SSSR count). The summed E-state index contributed by atoms with van der Waals surface area (Å²) in [6, 6.07) is 10.4. The normalized spacial score (nSPS) is 11.4.